The van der Waals surface area contributed by atoms with Crippen molar-refractivity contribution in [2.45, 2.75) is 19.3 Å². The van der Waals surface area contributed by atoms with Crippen molar-refractivity contribution in [2.24, 2.45) is 12.8 Å². The van der Waals surface area contributed by atoms with Gasteiger partial charge in [0.25, 0.3) is 0 Å². The maximum Gasteiger partial charge on any atom is 0.0480 e. The number of nitrogens with one attached hydrogen (secondary N) is 1. The monoisotopic (exact) mass is 317 g/mol. The van der Waals surface area contributed by atoms with E-state index in [1.807, 2.05) is 0 Å². The third-order valence-corrected chi connectivity index (χ3v) is 5.08. The summed E-state index contributed by atoms with van der Waals surface area (Å²) in [5.74, 6) is 0.312. The molecule has 0 aliphatic heterocycles. The molecule has 4 rings (SSSR count). The van der Waals surface area contributed by atoms with E-state index in [-0.39, 0.29) is 0 Å². The first kappa shape index (κ1) is 15.0. The molecule has 0 aliphatic rings. The molecule has 1 atom stereocenters. The lowest BCUT2D eigenvalue weighted by Gasteiger charge is -2.15. The van der Waals surface area contributed by atoms with Gasteiger partial charge in [0.1, 0.15) is 0 Å². The number of H-pyrrole nitrogens is 1. The Hall–Kier alpha value is -2.52. The van der Waals surface area contributed by atoms with Gasteiger partial charge in [-0.1, -0.05) is 36.4 Å². The number of aromatic nitrogens is 2. The minimum absolute atomic E-state index is 0.312. The van der Waals surface area contributed by atoms with Crippen molar-refractivity contribution >= 4 is 21.8 Å². The number of nitrogens with zero attached hydrogens (tertiary/aromatic N) is 1. The van der Waals surface area contributed by atoms with Crippen LogP contribution in [0.3, 0.4) is 0 Å². The molecule has 0 saturated heterocycles. The lowest BCUT2D eigenvalue weighted by molar-refractivity contribution is 0.695. The zero-order valence-corrected chi connectivity index (χ0v) is 14.2. The van der Waals surface area contributed by atoms with Gasteiger partial charge in [-0.05, 0) is 43.1 Å². The molecule has 0 amide bonds. The molecule has 0 aliphatic carbocycles. The summed E-state index contributed by atoms with van der Waals surface area (Å²) in [5.41, 5.74) is 12.6. The van der Waals surface area contributed by atoms with Crippen LogP contribution < -0.4 is 5.73 Å². The van der Waals surface area contributed by atoms with Gasteiger partial charge in [0.2, 0.25) is 0 Å². The fraction of sp³-hybridized carbons (Fsp3) is 0.238. The Labute approximate surface area is 142 Å². The Morgan fingerprint density at radius 2 is 1.75 bits per heavy atom. The summed E-state index contributed by atoms with van der Waals surface area (Å²) in [6.07, 6.45) is 3.21. The first-order valence-corrected chi connectivity index (χ1v) is 8.49. The standard InChI is InChI=1S/C21H23N3/c1-14-21(18-8-3-5-9-19(18)23-14)15(12-22)11-16-13-24(2)20-10-6-4-7-17(16)20/h3-10,13,15,23H,11-12,22H2,1-2H3. The van der Waals surface area contributed by atoms with Gasteiger partial charge in [-0.25, -0.2) is 0 Å². The highest BCUT2D eigenvalue weighted by Crippen LogP contribution is 2.33. The molecule has 1 unspecified atom stereocenters. The summed E-state index contributed by atoms with van der Waals surface area (Å²) < 4.78 is 2.21. The van der Waals surface area contributed by atoms with Gasteiger partial charge in [-0.15, -0.1) is 0 Å². The Morgan fingerprint density at radius 1 is 1.04 bits per heavy atom. The van der Waals surface area contributed by atoms with E-state index in [2.05, 4.69) is 78.3 Å². The predicted octanol–water partition coefficient (Wildman–Crippen LogP) is 4.25. The van der Waals surface area contributed by atoms with E-state index in [0.29, 0.717) is 12.5 Å². The van der Waals surface area contributed by atoms with Crippen molar-refractivity contribution in [2.75, 3.05) is 6.54 Å². The second kappa shape index (κ2) is 5.84. The molecule has 0 saturated carbocycles. The number of para-hydroxylation sites is 2. The molecule has 0 fully saturated rings. The van der Waals surface area contributed by atoms with E-state index in [4.69, 9.17) is 5.73 Å². The molecule has 2 aromatic carbocycles. The van der Waals surface area contributed by atoms with Crippen LogP contribution in [0.2, 0.25) is 0 Å². The van der Waals surface area contributed by atoms with Crippen molar-refractivity contribution in [1.82, 2.24) is 9.55 Å². The molecular formula is C21H23N3. The van der Waals surface area contributed by atoms with Crippen LogP contribution >= 0.6 is 0 Å². The normalized spacial score (nSPS) is 13.0. The van der Waals surface area contributed by atoms with Gasteiger partial charge < -0.3 is 15.3 Å². The number of nitrogens with two attached hydrogens (primary N) is 1. The van der Waals surface area contributed by atoms with Gasteiger partial charge in [0.05, 0.1) is 0 Å². The fourth-order valence-corrected chi connectivity index (χ4v) is 3.98. The topological polar surface area (TPSA) is 46.7 Å². The first-order chi connectivity index (χ1) is 11.7. The fourth-order valence-electron chi connectivity index (χ4n) is 3.98. The van der Waals surface area contributed by atoms with Crippen molar-refractivity contribution in [3.63, 3.8) is 0 Å². The molecule has 122 valence electrons. The Bertz CT molecular complexity index is 1010. The van der Waals surface area contributed by atoms with Crippen LogP contribution in [0.25, 0.3) is 21.8 Å². The van der Waals surface area contributed by atoms with Crippen molar-refractivity contribution in [3.05, 3.63) is 71.5 Å². The van der Waals surface area contributed by atoms with Crippen LogP contribution in [-0.4, -0.2) is 16.1 Å². The third-order valence-electron chi connectivity index (χ3n) is 5.08. The number of rotatable bonds is 4. The minimum Gasteiger partial charge on any atom is -0.358 e. The Kier molecular flexibility index (Phi) is 3.66. The molecular weight excluding hydrogens is 294 g/mol. The van der Waals surface area contributed by atoms with Gasteiger partial charge >= 0.3 is 0 Å². The van der Waals surface area contributed by atoms with E-state index in [1.165, 1.54) is 38.6 Å². The largest absolute Gasteiger partial charge is 0.358 e. The molecule has 3 heteroatoms. The van der Waals surface area contributed by atoms with Crippen LogP contribution in [0.5, 0.6) is 0 Å². The van der Waals surface area contributed by atoms with Crippen LogP contribution in [0.15, 0.2) is 54.7 Å². The molecule has 2 heterocycles. The molecule has 0 spiro atoms. The maximum absolute atomic E-state index is 6.20. The Balaban J connectivity index is 1.80. The average Bonchev–Trinajstić information content (AvgIpc) is 3.10. The second-order valence-electron chi connectivity index (χ2n) is 6.63. The predicted molar refractivity (Wildman–Crippen MR) is 101 cm³/mol. The summed E-state index contributed by atoms with van der Waals surface area (Å²) >= 11 is 0. The average molecular weight is 317 g/mol. The third kappa shape index (κ3) is 2.33. The summed E-state index contributed by atoms with van der Waals surface area (Å²) in [7, 11) is 2.11. The van der Waals surface area contributed by atoms with E-state index < -0.39 is 0 Å². The molecule has 3 nitrogen and oxygen atoms in total. The van der Waals surface area contributed by atoms with Crippen LogP contribution in [-0.2, 0) is 13.5 Å². The number of aryl methyl sites for hydroxylation is 2. The molecule has 2 aromatic heterocycles. The highest BCUT2D eigenvalue weighted by molar-refractivity contribution is 5.86. The molecule has 0 radical (unpaired) electrons. The van der Waals surface area contributed by atoms with Gasteiger partial charge in [-0.3, -0.25) is 0 Å². The van der Waals surface area contributed by atoms with E-state index >= 15 is 0 Å². The highest BCUT2D eigenvalue weighted by atomic mass is 14.9. The van der Waals surface area contributed by atoms with Gasteiger partial charge in [-0.2, -0.15) is 0 Å². The number of fused-ring (bicyclic) bond motifs is 2. The van der Waals surface area contributed by atoms with E-state index in [0.717, 1.165) is 6.42 Å². The molecule has 24 heavy (non-hydrogen) atoms. The molecule has 4 aromatic rings. The first-order valence-electron chi connectivity index (χ1n) is 8.49. The SMILES string of the molecule is Cc1[nH]c2ccccc2c1C(CN)Cc1cn(C)c2ccccc12. The summed E-state index contributed by atoms with van der Waals surface area (Å²) in [6.45, 7) is 2.80. The zero-order valence-electron chi connectivity index (χ0n) is 14.2. The molecule has 0 bridgehead atoms. The van der Waals surface area contributed by atoms with E-state index in [9.17, 15) is 0 Å². The van der Waals surface area contributed by atoms with Crippen LogP contribution in [0, 0.1) is 6.92 Å². The number of benzene rings is 2. The van der Waals surface area contributed by atoms with Crippen LogP contribution in [0.4, 0.5) is 0 Å². The van der Waals surface area contributed by atoms with Crippen molar-refractivity contribution in [1.29, 1.82) is 0 Å². The highest BCUT2D eigenvalue weighted by Gasteiger charge is 2.20. The van der Waals surface area contributed by atoms with Crippen molar-refractivity contribution < 1.29 is 0 Å². The quantitative estimate of drug-likeness (QED) is 0.580. The summed E-state index contributed by atoms with van der Waals surface area (Å²) in [5, 5.41) is 2.63. The van der Waals surface area contributed by atoms with Gasteiger partial charge in [0, 0.05) is 46.7 Å². The lowest BCUT2D eigenvalue weighted by Crippen LogP contribution is -2.15. The van der Waals surface area contributed by atoms with E-state index in [1.54, 1.807) is 0 Å². The molecule has 3 N–H and O–H groups in total. The van der Waals surface area contributed by atoms with Gasteiger partial charge in [0.15, 0.2) is 0 Å². The Morgan fingerprint density at radius 3 is 2.54 bits per heavy atom. The second-order valence-corrected chi connectivity index (χ2v) is 6.63. The minimum atomic E-state index is 0.312. The number of hydrogen-bond donors (Lipinski definition) is 2. The van der Waals surface area contributed by atoms with Crippen molar-refractivity contribution in [3.8, 4) is 0 Å². The van der Waals surface area contributed by atoms with Crippen LogP contribution in [0.1, 0.15) is 22.7 Å². The number of hydrogen-bond acceptors (Lipinski definition) is 1. The number of aromatic amines is 1. The maximum atomic E-state index is 6.20. The summed E-state index contributed by atoms with van der Waals surface area (Å²) in [6, 6.07) is 17.1. The lowest BCUT2D eigenvalue weighted by atomic mass is 9.90. The smallest absolute Gasteiger partial charge is 0.0480 e. The zero-order chi connectivity index (χ0) is 16.7. The summed E-state index contributed by atoms with van der Waals surface area (Å²) in [4.78, 5) is 3.51.